The van der Waals surface area contributed by atoms with Crippen LogP contribution in [0.4, 0.5) is 0 Å². The number of esters is 8. The molecule has 1 aromatic carbocycles. The Morgan fingerprint density at radius 1 is 0.738 bits per heavy atom. The molecule has 5 N–H and O–H groups in total. The van der Waals surface area contributed by atoms with E-state index in [1.807, 2.05) is 0 Å². The number of rotatable bonds is 14. The Hall–Kier alpha value is -5.75. The van der Waals surface area contributed by atoms with E-state index in [2.05, 4.69) is 5.32 Å². The van der Waals surface area contributed by atoms with Crippen molar-refractivity contribution in [1.82, 2.24) is 5.32 Å². The molecule has 23 heteroatoms. The van der Waals surface area contributed by atoms with E-state index in [1.54, 1.807) is 18.2 Å². The van der Waals surface area contributed by atoms with Crippen LogP contribution >= 0.6 is 0 Å². The molecule has 61 heavy (non-hydrogen) atoms. The standard InChI is InChI=1S/C38H49N3O20/c1-17(42)52-16-27(54-19(3)44)31(56-21(5)46)33-28(39)24(53-18(2)43)13-37(60-33)35(49)41-15-26(59-37)30(55-20(4)45)32-29(40)25(57-34(48)23-11-9-8-10-12-23)14-38(61-32,36(50)51-7)58-22(6)47/h8-12,24-33H,13-16,39-40H2,1-7H3,(H,41,49)/t24-,25-,26+,27+,28+,29+,30+,31+,32+,33+,37+,38?/m0/s1. The van der Waals surface area contributed by atoms with E-state index in [0.717, 1.165) is 48.7 Å². The number of hydrogen-bond donors (Lipinski definition) is 3. The monoisotopic (exact) mass is 867 g/mol. The summed E-state index contributed by atoms with van der Waals surface area (Å²) in [6, 6.07) is 4.67. The summed E-state index contributed by atoms with van der Waals surface area (Å²) in [4.78, 5) is 115. The fraction of sp³-hybridized carbons (Fsp3) is 0.605. The van der Waals surface area contributed by atoms with Crippen molar-refractivity contribution in [1.29, 1.82) is 0 Å². The number of methoxy groups -OCH3 is 1. The van der Waals surface area contributed by atoms with E-state index in [-0.39, 0.29) is 5.56 Å². The van der Waals surface area contributed by atoms with Gasteiger partial charge in [0.2, 0.25) is 0 Å². The van der Waals surface area contributed by atoms with Gasteiger partial charge in [-0.15, -0.1) is 0 Å². The zero-order valence-corrected chi connectivity index (χ0v) is 34.3. The van der Waals surface area contributed by atoms with Gasteiger partial charge in [-0.05, 0) is 12.1 Å². The molecule has 3 aliphatic rings. The molecule has 336 valence electrons. The van der Waals surface area contributed by atoms with Gasteiger partial charge in [-0.3, -0.25) is 33.6 Å². The van der Waals surface area contributed by atoms with E-state index >= 15 is 0 Å². The highest BCUT2D eigenvalue weighted by Crippen LogP contribution is 2.41. The van der Waals surface area contributed by atoms with Crippen molar-refractivity contribution in [2.45, 2.75) is 127 Å². The maximum Gasteiger partial charge on any atom is 0.379 e. The molecule has 0 aromatic heterocycles. The molecule has 0 saturated carbocycles. The Bertz CT molecular complexity index is 1850. The molecule has 0 bridgehead atoms. The quantitative estimate of drug-likeness (QED) is 0.140. The minimum absolute atomic E-state index is 0.0751. The summed E-state index contributed by atoms with van der Waals surface area (Å²) in [7, 11) is 0.959. The van der Waals surface area contributed by atoms with Crippen LogP contribution in [0.5, 0.6) is 0 Å². The van der Waals surface area contributed by atoms with E-state index in [1.165, 1.54) is 12.1 Å². The average molecular weight is 868 g/mol. The molecule has 1 amide bonds. The van der Waals surface area contributed by atoms with Crippen molar-refractivity contribution >= 4 is 53.7 Å². The Morgan fingerprint density at radius 3 is 1.90 bits per heavy atom. The minimum Gasteiger partial charge on any atom is -0.464 e. The number of carbonyl (C=O) groups excluding carboxylic acids is 9. The van der Waals surface area contributed by atoms with Gasteiger partial charge in [0, 0.05) is 48.1 Å². The highest BCUT2D eigenvalue weighted by molar-refractivity contribution is 5.89. The molecule has 3 saturated heterocycles. The van der Waals surface area contributed by atoms with E-state index in [4.69, 9.17) is 63.6 Å². The van der Waals surface area contributed by atoms with Crippen molar-refractivity contribution in [2.75, 3.05) is 20.3 Å². The molecule has 1 unspecified atom stereocenters. The molecule has 3 heterocycles. The highest BCUT2D eigenvalue weighted by atomic mass is 16.8. The lowest BCUT2D eigenvalue weighted by Gasteiger charge is -2.52. The maximum absolute atomic E-state index is 14.0. The predicted molar refractivity (Wildman–Crippen MR) is 197 cm³/mol. The highest BCUT2D eigenvalue weighted by Gasteiger charge is 2.63. The lowest BCUT2D eigenvalue weighted by atomic mass is 9.86. The first-order chi connectivity index (χ1) is 28.6. The van der Waals surface area contributed by atoms with Crippen LogP contribution in [0.15, 0.2) is 30.3 Å². The van der Waals surface area contributed by atoms with Gasteiger partial charge in [-0.2, -0.15) is 0 Å². The summed E-state index contributed by atoms with van der Waals surface area (Å²) >= 11 is 0. The number of benzene rings is 1. The van der Waals surface area contributed by atoms with Crippen LogP contribution in [0.25, 0.3) is 0 Å². The number of nitrogens with one attached hydrogen (secondary N) is 1. The molecule has 1 aromatic rings. The molecule has 23 nitrogen and oxygen atoms in total. The van der Waals surface area contributed by atoms with E-state index < -0.39 is 152 Å². The normalized spacial score (nSPS) is 29.9. The van der Waals surface area contributed by atoms with Gasteiger partial charge in [-0.25, -0.2) is 9.59 Å². The van der Waals surface area contributed by atoms with Crippen LogP contribution in [0.2, 0.25) is 0 Å². The van der Waals surface area contributed by atoms with Crippen LogP contribution in [-0.2, 0) is 90.5 Å². The van der Waals surface area contributed by atoms with Crippen LogP contribution in [0.1, 0.15) is 64.7 Å². The molecular weight excluding hydrogens is 818 g/mol. The molecule has 3 aliphatic heterocycles. The van der Waals surface area contributed by atoms with E-state index in [0.29, 0.717) is 0 Å². The maximum atomic E-state index is 14.0. The summed E-state index contributed by atoms with van der Waals surface area (Å²) in [6.07, 6.45) is -14.7. The van der Waals surface area contributed by atoms with Crippen molar-refractivity contribution in [3.05, 3.63) is 35.9 Å². The molecule has 3 fully saturated rings. The number of hydrogen-bond acceptors (Lipinski definition) is 22. The van der Waals surface area contributed by atoms with Gasteiger partial charge in [0.15, 0.2) is 18.3 Å². The molecule has 1 spiro atoms. The first-order valence-electron chi connectivity index (χ1n) is 18.8. The zero-order valence-electron chi connectivity index (χ0n) is 34.3. The Balaban J connectivity index is 1.84. The Kier molecular flexibility index (Phi) is 15.9. The zero-order chi connectivity index (χ0) is 45.4. The summed E-state index contributed by atoms with van der Waals surface area (Å²) in [6.45, 7) is 4.83. The number of amides is 1. The van der Waals surface area contributed by atoms with Crippen LogP contribution in [0.3, 0.4) is 0 Å². The van der Waals surface area contributed by atoms with Gasteiger partial charge in [0.05, 0.1) is 37.6 Å². The summed E-state index contributed by atoms with van der Waals surface area (Å²) in [5.74, 6) is -14.1. The smallest absolute Gasteiger partial charge is 0.379 e. The molecule has 12 atom stereocenters. The van der Waals surface area contributed by atoms with Crippen LogP contribution in [0, 0.1) is 0 Å². The topological polar surface area (TPSA) is 319 Å². The van der Waals surface area contributed by atoms with Crippen molar-refractivity contribution in [3.8, 4) is 0 Å². The number of carbonyl (C=O) groups is 9. The minimum atomic E-state index is -2.67. The second kappa shape index (κ2) is 20.2. The van der Waals surface area contributed by atoms with E-state index in [9.17, 15) is 43.2 Å². The second-order valence-electron chi connectivity index (χ2n) is 14.2. The van der Waals surface area contributed by atoms with Crippen molar-refractivity contribution in [3.63, 3.8) is 0 Å². The third-order valence-corrected chi connectivity index (χ3v) is 9.50. The van der Waals surface area contributed by atoms with Gasteiger partial charge < -0.3 is 68.9 Å². The third-order valence-electron chi connectivity index (χ3n) is 9.50. The summed E-state index contributed by atoms with van der Waals surface area (Å²) < 4.78 is 61.9. The average Bonchev–Trinajstić information content (AvgIpc) is 3.17. The third kappa shape index (κ3) is 11.8. The lowest BCUT2D eigenvalue weighted by molar-refractivity contribution is -0.341. The molecular formula is C38H49N3O20. The largest absolute Gasteiger partial charge is 0.464 e. The second-order valence-corrected chi connectivity index (χ2v) is 14.2. The SMILES string of the molecule is COC(=O)C1(OC(C)=O)C[C@H](OC(=O)c2ccccc2)[C@@H](N)[C@H]([C@H](OC(C)=O)[C@H]2CNC(=O)[C@]3(C[C@H](OC(C)=O)[C@@H](N)[C@H]([C@H](OC(C)=O)[C@@H](COC(C)=O)OC(C)=O)O3)O2)O1. The Morgan fingerprint density at radius 2 is 1.34 bits per heavy atom. The Labute approximate surface area is 348 Å². The van der Waals surface area contributed by atoms with Gasteiger partial charge >= 0.3 is 53.5 Å². The number of ether oxygens (including phenoxy) is 11. The fourth-order valence-corrected chi connectivity index (χ4v) is 7.12. The summed E-state index contributed by atoms with van der Waals surface area (Å²) in [5, 5.41) is 2.56. The van der Waals surface area contributed by atoms with Crippen LogP contribution < -0.4 is 16.8 Å². The fourth-order valence-electron chi connectivity index (χ4n) is 7.12. The molecule has 0 aliphatic carbocycles. The summed E-state index contributed by atoms with van der Waals surface area (Å²) in [5.41, 5.74) is 13.3. The first kappa shape index (κ1) is 47.9. The first-order valence-corrected chi connectivity index (χ1v) is 18.8. The number of nitrogens with two attached hydrogens (primary N) is 2. The molecule has 4 rings (SSSR count). The van der Waals surface area contributed by atoms with Crippen molar-refractivity contribution < 1.29 is 95.3 Å². The van der Waals surface area contributed by atoms with Crippen LogP contribution in [-0.4, -0.2) is 146 Å². The van der Waals surface area contributed by atoms with Gasteiger partial charge in [0.25, 0.3) is 11.7 Å². The predicted octanol–water partition coefficient (Wildman–Crippen LogP) is -1.62. The van der Waals surface area contributed by atoms with Crippen molar-refractivity contribution in [2.24, 2.45) is 11.5 Å². The van der Waals surface area contributed by atoms with Gasteiger partial charge in [-0.1, -0.05) is 18.2 Å². The molecule has 0 radical (unpaired) electrons. The number of morpholine rings is 1. The lowest BCUT2D eigenvalue weighted by Crippen LogP contribution is -2.74. The van der Waals surface area contributed by atoms with Gasteiger partial charge in [0.1, 0.15) is 37.1 Å².